The third kappa shape index (κ3) is 2.42. The first-order valence-electron chi connectivity index (χ1n) is 3.52. The van der Waals surface area contributed by atoms with Crippen LogP contribution in [0.4, 0.5) is 0 Å². The predicted molar refractivity (Wildman–Crippen MR) is 54.7 cm³/mol. The van der Waals surface area contributed by atoms with Gasteiger partial charge in [0.1, 0.15) is 9.76 Å². The van der Waals surface area contributed by atoms with Gasteiger partial charge in [0.2, 0.25) is 0 Å². The Labute approximate surface area is 90.2 Å². The quantitative estimate of drug-likeness (QED) is 0.783. The average Bonchev–Trinajstić information content (AvgIpc) is 2.03. The molecule has 0 atom stereocenters. The average molecular weight is 285 g/mol. The molecule has 0 aliphatic heterocycles. The van der Waals surface area contributed by atoms with Crippen LogP contribution >= 0.6 is 27.5 Å². The molecule has 0 saturated heterocycles. The summed E-state index contributed by atoms with van der Waals surface area (Å²) in [6.07, 6.45) is 0. The minimum absolute atomic E-state index is 0.0505. The summed E-state index contributed by atoms with van der Waals surface area (Å²) < 4.78 is 23.1. The van der Waals surface area contributed by atoms with E-state index in [-0.39, 0.29) is 20.4 Å². The van der Waals surface area contributed by atoms with Crippen LogP contribution in [0.3, 0.4) is 0 Å². The summed E-state index contributed by atoms with van der Waals surface area (Å²) in [5.41, 5.74) is 0. The zero-order chi connectivity index (χ0) is 10.1. The fourth-order valence-electron chi connectivity index (χ4n) is 0.787. The Morgan fingerprint density at radius 2 is 2.15 bits per heavy atom. The molecule has 0 N–H and O–H groups in total. The molecule has 6 heteroatoms. The Morgan fingerprint density at radius 3 is 2.62 bits per heavy atom. The van der Waals surface area contributed by atoms with Crippen LogP contribution in [0.5, 0.6) is 0 Å². The van der Waals surface area contributed by atoms with Gasteiger partial charge in [0.05, 0.1) is 10.6 Å². The first-order valence-corrected chi connectivity index (χ1v) is 6.34. The van der Waals surface area contributed by atoms with Crippen molar-refractivity contribution in [1.82, 2.24) is 4.98 Å². The Hall–Kier alpha value is -0.130. The lowest BCUT2D eigenvalue weighted by Gasteiger charge is -2.02. The second kappa shape index (κ2) is 3.94. The molecular formula is C7H7BrClNO2S. The topological polar surface area (TPSA) is 47.0 Å². The monoisotopic (exact) mass is 283 g/mol. The molecule has 0 spiro atoms. The molecule has 0 unspecified atom stereocenters. The molecule has 3 nitrogen and oxygen atoms in total. The van der Waals surface area contributed by atoms with Gasteiger partial charge in [-0.2, -0.15) is 0 Å². The van der Waals surface area contributed by atoms with Gasteiger partial charge >= 0.3 is 0 Å². The van der Waals surface area contributed by atoms with E-state index in [4.69, 9.17) is 11.6 Å². The number of pyridine rings is 1. The van der Waals surface area contributed by atoms with Crippen molar-refractivity contribution in [2.75, 3.05) is 5.75 Å². The number of hydrogen-bond donors (Lipinski definition) is 0. The van der Waals surface area contributed by atoms with Crippen molar-refractivity contribution in [3.63, 3.8) is 0 Å². The minimum Gasteiger partial charge on any atom is -0.228 e. The summed E-state index contributed by atoms with van der Waals surface area (Å²) in [5.74, 6) is 0.0505. The third-order valence-electron chi connectivity index (χ3n) is 1.50. The maximum Gasteiger partial charge on any atom is 0.180 e. The van der Waals surface area contributed by atoms with E-state index in [0.717, 1.165) is 0 Å². The van der Waals surface area contributed by atoms with Gasteiger partial charge < -0.3 is 0 Å². The first kappa shape index (κ1) is 10.9. The Morgan fingerprint density at radius 1 is 1.54 bits per heavy atom. The number of aromatic nitrogens is 1. The number of nitrogens with zero attached hydrogens (tertiary/aromatic N) is 1. The largest absolute Gasteiger partial charge is 0.228 e. The van der Waals surface area contributed by atoms with Gasteiger partial charge in [-0.3, -0.25) is 0 Å². The van der Waals surface area contributed by atoms with E-state index in [1.807, 2.05) is 0 Å². The fraction of sp³-hybridized carbons (Fsp3) is 0.286. The summed E-state index contributed by atoms with van der Waals surface area (Å²) >= 11 is 8.62. The van der Waals surface area contributed by atoms with E-state index < -0.39 is 9.84 Å². The van der Waals surface area contributed by atoms with Crippen molar-refractivity contribution in [1.29, 1.82) is 0 Å². The van der Waals surface area contributed by atoms with E-state index in [2.05, 4.69) is 20.9 Å². The highest BCUT2D eigenvalue weighted by Crippen LogP contribution is 2.22. The van der Waals surface area contributed by atoms with Crippen LogP contribution in [0.15, 0.2) is 21.6 Å². The van der Waals surface area contributed by atoms with Crippen molar-refractivity contribution in [2.45, 2.75) is 11.8 Å². The molecule has 0 aromatic carbocycles. The summed E-state index contributed by atoms with van der Waals surface area (Å²) in [6.45, 7) is 1.58. The zero-order valence-electron chi connectivity index (χ0n) is 6.79. The molecule has 72 valence electrons. The first-order chi connectivity index (χ1) is 5.97. The van der Waals surface area contributed by atoms with Crippen LogP contribution < -0.4 is 0 Å². The van der Waals surface area contributed by atoms with E-state index >= 15 is 0 Å². The van der Waals surface area contributed by atoms with E-state index in [1.165, 1.54) is 12.1 Å². The molecule has 0 aliphatic carbocycles. The van der Waals surface area contributed by atoms with Gasteiger partial charge in [-0.05, 0) is 28.1 Å². The van der Waals surface area contributed by atoms with Crippen LogP contribution in [0.25, 0.3) is 0 Å². The van der Waals surface area contributed by atoms with Gasteiger partial charge in [-0.1, -0.05) is 18.5 Å². The smallest absolute Gasteiger partial charge is 0.180 e. The molecule has 0 saturated carbocycles. The third-order valence-corrected chi connectivity index (χ3v) is 4.33. The summed E-state index contributed by atoms with van der Waals surface area (Å²) in [5, 5.41) is 0.266. The van der Waals surface area contributed by atoms with Crippen molar-refractivity contribution < 1.29 is 8.42 Å². The Kier molecular flexibility index (Phi) is 3.32. The maximum atomic E-state index is 11.4. The second-order valence-electron chi connectivity index (χ2n) is 2.33. The summed E-state index contributed by atoms with van der Waals surface area (Å²) in [6, 6.07) is 2.90. The molecule has 0 bridgehead atoms. The number of rotatable bonds is 2. The number of halogens is 2. The van der Waals surface area contributed by atoms with Crippen molar-refractivity contribution in [3.8, 4) is 0 Å². The van der Waals surface area contributed by atoms with Crippen molar-refractivity contribution >= 4 is 37.4 Å². The van der Waals surface area contributed by atoms with Crippen LogP contribution in [0, 0.1) is 0 Å². The van der Waals surface area contributed by atoms with Crippen molar-refractivity contribution in [3.05, 3.63) is 21.9 Å². The van der Waals surface area contributed by atoms with Crippen LogP contribution in [-0.4, -0.2) is 19.2 Å². The lowest BCUT2D eigenvalue weighted by molar-refractivity contribution is 0.596. The Balaban J connectivity index is 3.33. The molecule has 1 aromatic heterocycles. The highest BCUT2D eigenvalue weighted by Gasteiger charge is 2.16. The molecule has 13 heavy (non-hydrogen) atoms. The molecule has 1 heterocycles. The van der Waals surface area contributed by atoms with Gasteiger partial charge in [-0.25, -0.2) is 13.4 Å². The molecule has 0 amide bonds. The zero-order valence-corrected chi connectivity index (χ0v) is 9.95. The summed E-state index contributed by atoms with van der Waals surface area (Å²) in [4.78, 5) is 3.97. The molecule has 0 aliphatic rings. The molecule has 1 rings (SSSR count). The number of hydrogen-bond acceptors (Lipinski definition) is 3. The van der Waals surface area contributed by atoms with Gasteiger partial charge in [0.25, 0.3) is 0 Å². The normalized spacial score (nSPS) is 11.6. The molecular weight excluding hydrogens is 278 g/mol. The number of sulfone groups is 1. The highest BCUT2D eigenvalue weighted by atomic mass is 79.9. The molecule has 0 radical (unpaired) electrons. The van der Waals surface area contributed by atoms with Crippen LogP contribution in [-0.2, 0) is 9.84 Å². The van der Waals surface area contributed by atoms with Crippen LogP contribution in [0.1, 0.15) is 6.92 Å². The van der Waals surface area contributed by atoms with Gasteiger partial charge in [0.15, 0.2) is 9.84 Å². The van der Waals surface area contributed by atoms with E-state index in [1.54, 1.807) is 6.92 Å². The van der Waals surface area contributed by atoms with Gasteiger partial charge in [-0.15, -0.1) is 0 Å². The maximum absolute atomic E-state index is 11.4. The molecule has 1 aromatic rings. The standard InChI is InChI=1S/C7H7BrClNO2S/c1-2-13(11,12)5-3-4-6(9)10-7(5)8/h3-4H,2H2,1H3. The van der Waals surface area contributed by atoms with Crippen LogP contribution in [0.2, 0.25) is 5.15 Å². The molecule has 0 fully saturated rings. The highest BCUT2D eigenvalue weighted by molar-refractivity contribution is 9.10. The lowest BCUT2D eigenvalue weighted by atomic mass is 10.5. The van der Waals surface area contributed by atoms with Gasteiger partial charge in [0, 0.05) is 0 Å². The van der Waals surface area contributed by atoms with E-state index in [9.17, 15) is 8.42 Å². The predicted octanol–water partition coefficient (Wildman–Crippen LogP) is 2.29. The SMILES string of the molecule is CCS(=O)(=O)c1ccc(Cl)nc1Br. The second-order valence-corrected chi connectivity index (χ2v) is 5.71. The minimum atomic E-state index is -3.21. The fourth-order valence-corrected chi connectivity index (χ4v) is 2.99. The summed E-state index contributed by atoms with van der Waals surface area (Å²) in [7, 11) is -3.21. The van der Waals surface area contributed by atoms with Crippen molar-refractivity contribution in [2.24, 2.45) is 0 Å². The lowest BCUT2D eigenvalue weighted by Crippen LogP contribution is -2.05. The van der Waals surface area contributed by atoms with E-state index in [0.29, 0.717) is 0 Å². The Bertz CT molecular complexity index is 419.